The summed E-state index contributed by atoms with van der Waals surface area (Å²) in [4.78, 5) is 43.4. The molecule has 196 valence electrons. The zero-order valence-electron chi connectivity index (χ0n) is 20.4. The summed E-state index contributed by atoms with van der Waals surface area (Å²) in [5.41, 5.74) is 0.614. The maximum atomic E-state index is 13.5. The van der Waals surface area contributed by atoms with Gasteiger partial charge in [-0.1, -0.05) is 11.8 Å². The first-order valence-electron chi connectivity index (χ1n) is 12.5. The quantitative estimate of drug-likeness (QED) is 0.305. The van der Waals surface area contributed by atoms with E-state index in [1.54, 1.807) is 41.2 Å². The minimum Gasteiger partial charge on any atom is -0.467 e. The number of nitrogens with zero attached hydrogens (tertiary/aromatic N) is 2. The van der Waals surface area contributed by atoms with Crippen molar-refractivity contribution in [2.75, 3.05) is 25.5 Å². The van der Waals surface area contributed by atoms with Crippen LogP contribution in [0.15, 0.2) is 51.0 Å². The van der Waals surface area contributed by atoms with Crippen molar-refractivity contribution in [2.24, 2.45) is 0 Å². The molecule has 2 saturated heterocycles. The third-order valence-corrected chi connectivity index (χ3v) is 7.46. The molecule has 3 aromatic rings. The molecule has 0 radical (unpaired) electrons. The van der Waals surface area contributed by atoms with Crippen molar-refractivity contribution in [3.63, 3.8) is 0 Å². The summed E-state index contributed by atoms with van der Waals surface area (Å²) in [6, 6.07) is 8.45. The van der Waals surface area contributed by atoms with E-state index in [1.807, 2.05) is 0 Å². The molecule has 5 rings (SSSR count). The van der Waals surface area contributed by atoms with E-state index in [4.69, 9.17) is 18.9 Å². The Morgan fingerprint density at radius 3 is 2.62 bits per heavy atom. The number of fused-ring (bicyclic) bond motifs is 1. The van der Waals surface area contributed by atoms with Crippen molar-refractivity contribution < 1.29 is 23.5 Å². The zero-order valence-corrected chi connectivity index (χ0v) is 21.3. The molecular formula is C26H30N4O6S. The molecule has 2 atom stereocenters. The van der Waals surface area contributed by atoms with Gasteiger partial charge in [0.1, 0.15) is 5.76 Å². The lowest BCUT2D eigenvalue weighted by Crippen LogP contribution is -2.32. The summed E-state index contributed by atoms with van der Waals surface area (Å²) in [6.07, 6.45) is 5.25. The normalized spacial score (nSPS) is 19.4. The highest BCUT2D eigenvalue weighted by atomic mass is 32.2. The van der Waals surface area contributed by atoms with Gasteiger partial charge in [-0.3, -0.25) is 19.0 Å². The minimum atomic E-state index is -0.241. The third-order valence-electron chi connectivity index (χ3n) is 6.48. The van der Waals surface area contributed by atoms with E-state index >= 15 is 0 Å². The van der Waals surface area contributed by atoms with Crippen LogP contribution < -0.4 is 16.2 Å². The van der Waals surface area contributed by atoms with E-state index in [0.29, 0.717) is 47.1 Å². The Kier molecular flexibility index (Phi) is 8.22. The predicted octanol–water partition coefficient (Wildman–Crippen LogP) is 2.49. The number of rotatable bonds is 10. The van der Waals surface area contributed by atoms with Gasteiger partial charge in [0.25, 0.3) is 11.5 Å². The maximum absolute atomic E-state index is 13.5. The average molecular weight is 527 g/mol. The summed E-state index contributed by atoms with van der Waals surface area (Å²) < 4.78 is 18.2. The molecule has 2 N–H and O–H groups in total. The molecule has 0 saturated carbocycles. The number of furan rings is 1. The van der Waals surface area contributed by atoms with Crippen molar-refractivity contribution in [1.29, 1.82) is 0 Å². The Hall–Kier alpha value is -3.15. The summed E-state index contributed by atoms with van der Waals surface area (Å²) in [6.45, 7) is 2.48. The van der Waals surface area contributed by atoms with Gasteiger partial charge in [-0.25, -0.2) is 4.98 Å². The van der Waals surface area contributed by atoms with Gasteiger partial charge in [0, 0.05) is 25.3 Å². The molecule has 10 nitrogen and oxygen atoms in total. The number of aromatic nitrogens is 2. The molecule has 2 aliphatic rings. The minimum absolute atomic E-state index is 0.0366. The molecule has 2 fully saturated rings. The van der Waals surface area contributed by atoms with Crippen LogP contribution in [0.2, 0.25) is 0 Å². The SMILES string of the molecule is O=C(CSc1nc2cc(C(=O)NC[C@@H]3CCCO3)ccc2c(=O)n1C[C@@H]1CCCO1)NCc1ccco1. The summed E-state index contributed by atoms with van der Waals surface area (Å²) in [5.74, 6) is 0.282. The van der Waals surface area contributed by atoms with E-state index in [0.717, 1.165) is 32.3 Å². The second-order valence-electron chi connectivity index (χ2n) is 9.17. The van der Waals surface area contributed by atoms with Crippen molar-refractivity contribution in [2.45, 2.75) is 56.1 Å². The topological polar surface area (TPSA) is 125 Å². The lowest BCUT2D eigenvalue weighted by molar-refractivity contribution is -0.118. The Labute approximate surface area is 218 Å². The standard InChI is InChI=1S/C26H30N4O6S/c31-23(27-13-18-4-1-9-34-18)16-37-26-29-22-12-17(24(32)28-14-19-5-2-10-35-19)7-8-21(22)25(33)30(26)15-20-6-3-11-36-20/h1,4,7-9,12,19-20H,2-3,5-6,10-11,13-16H2,(H,27,31)(H,28,32)/t19-,20-/m0/s1. The lowest BCUT2D eigenvalue weighted by Gasteiger charge is -2.17. The lowest BCUT2D eigenvalue weighted by atomic mass is 10.1. The number of ether oxygens (including phenoxy) is 2. The monoisotopic (exact) mass is 526 g/mol. The van der Waals surface area contributed by atoms with Crippen LogP contribution in [-0.4, -0.2) is 59.1 Å². The third kappa shape index (κ3) is 6.41. The van der Waals surface area contributed by atoms with Crippen LogP contribution in [0, 0.1) is 0 Å². The van der Waals surface area contributed by atoms with Crippen molar-refractivity contribution in [1.82, 2.24) is 20.2 Å². The fraction of sp³-hybridized carbons (Fsp3) is 0.462. The number of hydrogen-bond donors (Lipinski definition) is 2. The van der Waals surface area contributed by atoms with Crippen molar-refractivity contribution >= 4 is 34.5 Å². The second kappa shape index (κ2) is 11.9. The van der Waals surface area contributed by atoms with Gasteiger partial charge in [0.15, 0.2) is 5.16 Å². The van der Waals surface area contributed by atoms with Gasteiger partial charge in [-0.2, -0.15) is 0 Å². The van der Waals surface area contributed by atoms with E-state index in [9.17, 15) is 14.4 Å². The molecule has 1 aromatic carbocycles. The van der Waals surface area contributed by atoms with Gasteiger partial charge in [-0.05, 0) is 56.0 Å². The van der Waals surface area contributed by atoms with Crippen LogP contribution in [0.5, 0.6) is 0 Å². The van der Waals surface area contributed by atoms with E-state index in [2.05, 4.69) is 10.6 Å². The highest BCUT2D eigenvalue weighted by Gasteiger charge is 2.22. The largest absolute Gasteiger partial charge is 0.467 e. The molecular weight excluding hydrogens is 496 g/mol. The van der Waals surface area contributed by atoms with Gasteiger partial charge in [0.2, 0.25) is 5.91 Å². The smallest absolute Gasteiger partial charge is 0.262 e. The first kappa shape index (κ1) is 25.5. The Morgan fingerprint density at radius 1 is 1.08 bits per heavy atom. The van der Waals surface area contributed by atoms with E-state index < -0.39 is 0 Å². The second-order valence-corrected chi connectivity index (χ2v) is 10.1. The van der Waals surface area contributed by atoms with Crippen LogP contribution in [0.1, 0.15) is 41.8 Å². The van der Waals surface area contributed by atoms with Crippen LogP contribution >= 0.6 is 11.8 Å². The number of thioether (sulfide) groups is 1. The molecule has 11 heteroatoms. The number of amides is 2. The highest BCUT2D eigenvalue weighted by Crippen LogP contribution is 2.22. The van der Waals surface area contributed by atoms with E-state index in [1.165, 1.54) is 11.8 Å². The molecule has 2 aliphatic heterocycles. The number of benzene rings is 1. The number of carbonyl (C=O) groups excluding carboxylic acids is 2. The van der Waals surface area contributed by atoms with Crippen LogP contribution in [0.4, 0.5) is 0 Å². The Bertz CT molecular complexity index is 1300. The first-order chi connectivity index (χ1) is 18.1. The molecule has 4 heterocycles. The van der Waals surface area contributed by atoms with Crippen LogP contribution in [0.3, 0.4) is 0 Å². The fourth-order valence-electron chi connectivity index (χ4n) is 4.50. The van der Waals surface area contributed by atoms with E-state index in [-0.39, 0.29) is 41.9 Å². The summed E-state index contributed by atoms with van der Waals surface area (Å²) >= 11 is 1.18. The van der Waals surface area contributed by atoms with Crippen LogP contribution in [-0.2, 0) is 27.4 Å². The fourth-order valence-corrected chi connectivity index (χ4v) is 5.34. The number of nitrogens with one attached hydrogen (secondary N) is 2. The molecule has 0 aliphatic carbocycles. The van der Waals surface area contributed by atoms with Crippen molar-refractivity contribution in [3.8, 4) is 0 Å². The number of hydrogen-bond acceptors (Lipinski definition) is 8. The Balaban J connectivity index is 1.35. The molecule has 0 bridgehead atoms. The molecule has 2 amide bonds. The average Bonchev–Trinajstić information content (AvgIpc) is 3.70. The van der Waals surface area contributed by atoms with Gasteiger partial charge in [0.05, 0.1) is 48.2 Å². The predicted molar refractivity (Wildman–Crippen MR) is 138 cm³/mol. The van der Waals surface area contributed by atoms with Crippen LogP contribution in [0.25, 0.3) is 10.9 Å². The van der Waals surface area contributed by atoms with Gasteiger partial charge < -0.3 is 24.5 Å². The molecule has 37 heavy (non-hydrogen) atoms. The maximum Gasteiger partial charge on any atom is 0.262 e. The molecule has 2 aromatic heterocycles. The summed E-state index contributed by atoms with van der Waals surface area (Å²) in [7, 11) is 0. The summed E-state index contributed by atoms with van der Waals surface area (Å²) in [5, 5.41) is 6.54. The van der Waals surface area contributed by atoms with Gasteiger partial charge >= 0.3 is 0 Å². The van der Waals surface area contributed by atoms with Crippen molar-refractivity contribution in [3.05, 3.63) is 58.3 Å². The molecule has 0 spiro atoms. The van der Waals surface area contributed by atoms with Gasteiger partial charge in [-0.15, -0.1) is 0 Å². The number of carbonyl (C=O) groups is 2. The Morgan fingerprint density at radius 2 is 1.89 bits per heavy atom. The highest BCUT2D eigenvalue weighted by molar-refractivity contribution is 7.99. The zero-order chi connectivity index (χ0) is 25.6. The molecule has 0 unspecified atom stereocenters. The first-order valence-corrected chi connectivity index (χ1v) is 13.5.